The van der Waals surface area contributed by atoms with Crippen molar-refractivity contribution < 1.29 is 0 Å². The Bertz CT molecular complexity index is 231. The van der Waals surface area contributed by atoms with E-state index >= 15 is 0 Å². The third-order valence-electron chi connectivity index (χ3n) is 6.07. The van der Waals surface area contributed by atoms with Crippen LogP contribution in [0.2, 0.25) is 0 Å². The Morgan fingerprint density at radius 1 is 0.500 bits per heavy atom. The molecule has 0 aromatic carbocycles. The van der Waals surface area contributed by atoms with Gasteiger partial charge in [0.15, 0.2) is 0 Å². The lowest BCUT2D eigenvalue weighted by atomic mass is 9.81. The van der Waals surface area contributed by atoms with E-state index < -0.39 is 0 Å². The third-order valence-corrected chi connectivity index (χ3v) is 6.07. The van der Waals surface area contributed by atoms with Crippen LogP contribution in [-0.4, -0.2) is 25.2 Å². The molecule has 0 aromatic heterocycles. The zero-order valence-electron chi connectivity index (χ0n) is 13.2. The van der Waals surface area contributed by atoms with E-state index in [2.05, 4.69) is 10.6 Å². The van der Waals surface area contributed by atoms with E-state index in [4.69, 9.17) is 0 Å². The van der Waals surface area contributed by atoms with Crippen LogP contribution in [0.1, 0.15) is 77.0 Å². The number of hydrogen-bond acceptors (Lipinski definition) is 2. The van der Waals surface area contributed by atoms with Crippen molar-refractivity contribution in [1.82, 2.24) is 10.6 Å². The fourth-order valence-corrected chi connectivity index (χ4v) is 4.57. The first kappa shape index (κ1) is 14.8. The molecule has 116 valence electrons. The molecule has 2 N–H and O–H groups in total. The maximum Gasteiger partial charge on any atom is 0.00671 e. The molecular formula is C18H34N2. The minimum atomic E-state index is 0.858. The van der Waals surface area contributed by atoms with E-state index in [0.29, 0.717) is 0 Å². The Balaban J connectivity index is 1.26. The van der Waals surface area contributed by atoms with Crippen LogP contribution < -0.4 is 10.6 Å². The summed E-state index contributed by atoms with van der Waals surface area (Å²) in [5, 5.41) is 7.65. The Morgan fingerprint density at radius 2 is 0.850 bits per heavy atom. The highest BCUT2D eigenvalue weighted by Gasteiger charge is 2.23. The molecule has 0 atom stereocenters. The van der Waals surface area contributed by atoms with E-state index in [1.165, 1.54) is 90.1 Å². The van der Waals surface area contributed by atoms with Gasteiger partial charge in [-0.05, 0) is 76.3 Å². The van der Waals surface area contributed by atoms with Crippen LogP contribution in [0, 0.1) is 11.8 Å². The molecule has 3 aliphatic carbocycles. The van der Waals surface area contributed by atoms with Gasteiger partial charge in [0, 0.05) is 12.1 Å². The van der Waals surface area contributed by atoms with Crippen LogP contribution in [0.3, 0.4) is 0 Å². The molecule has 0 radical (unpaired) electrons. The van der Waals surface area contributed by atoms with Crippen LogP contribution in [0.5, 0.6) is 0 Å². The van der Waals surface area contributed by atoms with Crippen LogP contribution in [0.15, 0.2) is 0 Å². The molecule has 2 heteroatoms. The van der Waals surface area contributed by atoms with Crippen molar-refractivity contribution in [2.75, 3.05) is 13.1 Å². The maximum absolute atomic E-state index is 3.83. The molecule has 3 aliphatic rings. The lowest BCUT2D eigenvalue weighted by molar-refractivity contribution is 0.250. The van der Waals surface area contributed by atoms with Gasteiger partial charge in [0.1, 0.15) is 0 Å². The van der Waals surface area contributed by atoms with Gasteiger partial charge in [-0.25, -0.2) is 0 Å². The van der Waals surface area contributed by atoms with E-state index in [9.17, 15) is 0 Å². The molecule has 3 fully saturated rings. The van der Waals surface area contributed by atoms with Crippen LogP contribution >= 0.6 is 0 Å². The highest BCUT2D eigenvalue weighted by molar-refractivity contribution is 4.81. The maximum atomic E-state index is 3.83. The van der Waals surface area contributed by atoms with E-state index in [-0.39, 0.29) is 0 Å². The summed E-state index contributed by atoms with van der Waals surface area (Å²) in [6, 6.07) is 1.72. The first-order valence-electron chi connectivity index (χ1n) is 9.37. The lowest BCUT2D eigenvalue weighted by Gasteiger charge is -2.30. The van der Waals surface area contributed by atoms with E-state index in [1.807, 2.05) is 0 Å². The quantitative estimate of drug-likeness (QED) is 0.771. The summed E-state index contributed by atoms with van der Waals surface area (Å²) >= 11 is 0. The topological polar surface area (TPSA) is 24.1 Å². The average Bonchev–Trinajstić information content (AvgIpc) is 3.17. The number of nitrogens with one attached hydrogen (secondary N) is 2. The average molecular weight is 278 g/mol. The summed E-state index contributed by atoms with van der Waals surface area (Å²) in [5.41, 5.74) is 0. The molecule has 3 rings (SSSR count). The summed E-state index contributed by atoms with van der Waals surface area (Å²) in [5.74, 6) is 1.94. The summed E-state index contributed by atoms with van der Waals surface area (Å²) in [6.45, 7) is 2.60. The van der Waals surface area contributed by atoms with Gasteiger partial charge >= 0.3 is 0 Å². The molecule has 3 saturated carbocycles. The van der Waals surface area contributed by atoms with Crippen LogP contribution in [0.4, 0.5) is 0 Å². The Hall–Kier alpha value is -0.0800. The highest BCUT2D eigenvalue weighted by atomic mass is 14.9. The molecule has 20 heavy (non-hydrogen) atoms. The van der Waals surface area contributed by atoms with Gasteiger partial charge in [0.05, 0.1) is 0 Å². The second kappa shape index (κ2) is 7.79. The standard InChI is InChI=1S/C18H34N2/c1-2-6-17(5-1)19-13-15-9-11-16(12-10-15)14-20-18-7-3-4-8-18/h15-20H,1-14H2. The zero-order valence-corrected chi connectivity index (χ0v) is 13.2. The summed E-state index contributed by atoms with van der Waals surface area (Å²) in [7, 11) is 0. The van der Waals surface area contributed by atoms with E-state index in [1.54, 1.807) is 0 Å². The predicted octanol–water partition coefficient (Wildman–Crippen LogP) is 3.86. The molecule has 0 aromatic rings. The first-order valence-corrected chi connectivity index (χ1v) is 9.37. The molecule has 0 bridgehead atoms. The van der Waals surface area contributed by atoms with Crippen molar-refractivity contribution in [3.05, 3.63) is 0 Å². The van der Waals surface area contributed by atoms with Crippen LogP contribution in [0.25, 0.3) is 0 Å². The normalized spacial score (nSPS) is 33.0. The summed E-state index contributed by atoms with van der Waals surface area (Å²) in [6.07, 6.45) is 17.4. The van der Waals surface area contributed by atoms with Gasteiger partial charge in [-0.15, -0.1) is 0 Å². The summed E-state index contributed by atoms with van der Waals surface area (Å²) in [4.78, 5) is 0. The minimum absolute atomic E-state index is 0.858. The molecule has 0 unspecified atom stereocenters. The van der Waals surface area contributed by atoms with Gasteiger partial charge in [0.25, 0.3) is 0 Å². The fourth-order valence-electron chi connectivity index (χ4n) is 4.57. The third kappa shape index (κ3) is 4.46. The molecule has 2 nitrogen and oxygen atoms in total. The molecule has 0 spiro atoms. The molecular weight excluding hydrogens is 244 g/mol. The van der Waals surface area contributed by atoms with Gasteiger partial charge in [-0.3, -0.25) is 0 Å². The zero-order chi connectivity index (χ0) is 13.6. The number of rotatable bonds is 6. The van der Waals surface area contributed by atoms with Crippen molar-refractivity contribution >= 4 is 0 Å². The van der Waals surface area contributed by atoms with Crippen molar-refractivity contribution in [1.29, 1.82) is 0 Å². The monoisotopic (exact) mass is 278 g/mol. The molecule has 0 heterocycles. The van der Waals surface area contributed by atoms with Gasteiger partial charge in [-0.1, -0.05) is 25.7 Å². The second-order valence-corrected chi connectivity index (χ2v) is 7.67. The van der Waals surface area contributed by atoms with Crippen molar-refractivity contribution in [3.8, 4) is 0 Å². The van der Waals surface area contributed by atoms with Gasteiger partial charge in [-0.2, -0.15) is 0 Å². The largest absolute Gasteiger partial charge is 0.314 e. The Labute approximate surface area is 125 Å². The SMILES string of the molecule is C1CCC(NCC2CCC(CNC3CCCC3)CC2)C1. The van der Waals surface area contributed by atoms with Crippen molar-refractivity contribution in [3.63, 3.8) is 0 Å². The first-order chi connectivity index (χ1) is 9.90. The van der Waals surface area contributed by atoms with Crippen molar-refractivity contribution in [2.45, 2.75) is 89.1 Å². The molecule has 0 amide bonds. The smallest absolute Gasteiger partial charge is 0.00671 e. The second-order valence-electron chi connectivity index (χ2n) is 7.67. The Morgan fingerprint density at radius 3 is 1.20 bits per heavy atom. The minimum Gasteiger partial charge on any atom is -0.314 e. The molecule has 0 aliphatic heterocycles. The van der Waals surface area contributed by atoms with E-state index in [0.717, 1.165) is 23.9 Å². The Kier molecular flexibility index (Phi) is 5.78. The number of hydrogen-bond donors (Lipinski definition) is 2. The predicted molar refractivity (Wildman–Crippen MR) is 86.0 cm³/mol. The van der Waals surface area contributed by atoms with Crippen molar-refractivity contribution in [2.24, 2.45) is 11.8 Å². The fraction of sp³-hybridized carbons (Fsp3) is 1.00. The van der Waals surface area contributed by atoms with Crippen LogP contribution in [-0.2, 0) is 0 Å². The summed E-state index contributed by atoms with van der Waals surface area (Å²) < 4.78 is 0. The van der Waals surface area contributed by atoms with Gasteiger partial charge in [0.2, 0.25) is 0 Å². The molecule has 0 saturated heterocycles. The van der Waals surface area contributed by atoms with Gasteiger partial charge < -0.3 is 10.6 Å². The highest BCUT2D eigenvalue weighted by Crippen LogP contribution is 2.29. The lowest BCUT2D eigenvalue weighted by Crippen LogP contribution is -2.36.